The zero-order valence-electron chi connectivity index (χ0n) is 17.8. The Balaban J connectivity index is 1.65. The van der Waals surface area contributed by atoms with E-state index >= 15 is 0 Å². The highest BCUT2D eigenvalue weighted by molar-refractivity contribution is 5.75. The van der Waals surface area contributed by atoms with Gasteiger partial charge in [0, 0.05) is 56.8 Å². The first-order valence-electron chi connectivity index (χ1n) is 10.1. The minimum Gasteiger partial charge on any atom is -0.497 e. The monoisotopic (exact) mass is 395 g/mol. The lowest BCUT2D eigenvalue weighted by atomic mass is 9.89. The molecule has 2 aromatic rings. The molecule has 3 atom stereocenters. The van der Waals surface area contributed by atoms with E-state index in [2.05, 4.69) is 33.9 Å². The van der Waals surface area contributed by atoms with Crippen LogP contribution in [-0.2, 0) is 0 Å². The zero-order chi connectivity index (χ0) is 20.7. The van der Waals surface area contributed by atoms with E-state index in [9.17, 15) is 4.79 Å². The summed E-state index contributed by atoms with van der Waals surface area (Å²) in [6.45, 7) is 6.66. The van der Waals surface area contributed by atoms with E-state index in [-0.39, 0.29) is 12.1 Å². The summed E-state index contributed by atoms with van der Waals surface area (Å²) >= 11 is 0. The fourth-order valence-electron chi connectivity index (χ4n) is 4.74. The van der Waals surface area contributed by atoms with Crippen LogP contribution < -0.4 is 9.64 Å². The van der Waals surface area contributed by atoms with E-state index < -0.39 is 0 Å². The molecular weight excluding hydrogens is 366 g/mol. The third-order valence-corrected chi connectivity index (χ3v) is 6.36. The Morgan fingerprint density at radius 3 is 2.48 bits per heavy atom. The number of nitrogens with zero attached hydrogens (tertiary/aromatic N) is 5. The molecular formula is C22H29N5O2. The highest BCUT2D eigenvalue weighted by Crippen LogP contribution is 2.46. The second kappa shape index (κ2) is 7.54. The van der Waals surface area contributed by atoms with E-state index in [1.54, 1.807) is 18.3 Å². The number of rotatable bonds is 3. The molecule has 2 aliphatic rings. The van der Waals surface area contributed by atoms with Crippen LogP contribution in [0.15, 0.2) is 30.6 Å². The number of fused-ring (bicyclic) bond motifs is 1. The molecule has 1 aromatic carbocycles. The summed E-state index contributed by atoms with van der Waals surface area (Å²) in [5.41, 5.74) is 3.31. The van der Waals surface area contributed by atoms with Crippen LogP contribution in [0, 0.1) is 25.7 Å². The molecule has 0 spiro atoms. The van der Waals surface area contributed by atoms with Gasteiger partial charge in [-0.3, -0.25) is 0 Å². The third-order valence-electron chi connectivity index (χ3n) is 6.36. The van der Waals surface area contributed by atoms with Gasteiger partial charge in [0.1, 0.15) is 17.9 Å². The second-order valence-electron chi connectivity index (χ2n) is 8.28. The fourth-order valence-corrected chi connectivity index (χ4v) is 4.74. The van der Waals surface area contributed by atoms with Crippen LogP contribution >= 0.6 is 0 Å². The standard InChI is InChI=1S/C22H29N5O2/c1-14-15(2)23-13-24-21(14)26-10-17-11-27(22(28)25(3)4)20(19(17)12-26)16-6-8-18(29-5)9-7-16/h6-9,13,17,19-20H,10-12H2,1-5H3/t17-,19-,20+/m1/s1. The second-order valence-corrected chi connectivity index (χ2v) is 8.28. The van der Waals surface area contributed by atoms with Gasteiger partial charge >= 0.3 is 6.03 Å². The summed E-state index contributed by atoms with van der Waals surface area (Å²) in [6.07, 6.45) is 1.65. The summed E-state index contributed by atoms with van der Waals surface area (Å²) < 4.78 is 5.32. The van der Waals surface area contributed by atoms with Gasteiger partial charge in [0.15, 0.2) is 0 Å². The molecule has 2 saturated heterocycles. The van der Waals surface area contributed by atoms with Crippen LogP contribution in [-0.4, -0.2) is 66.6 Å². The van der Waals surface area contributed by atoms with Gasteiger partial charge in [-0.25, -0.2) is 14.8 Å². The zero-order valence-corrected chi connectivity index (χ0v) is 17.8. The number of hydrogen-bond donors (Lipinski definition) is 0. The van der Waals surface area contributed by atoms with Gasteiger partial charge in [-0.1, -0.05) is 12.1 Å². The number of anilines is 1. The van der Waals surface area contributed by atoms with E-state index in [0.717, 1.165) is 48.0 Å². The Morgan fingerprint density at radius 2 is 1.83 bits per heavy atom. The van der Waals surface area contributed by atoms with Crippen molar-refractivity contribution in [1.29, 1.82) is 0 Å². The van der Waals surface area contributed by atoms with Crippen molar-refractivity contribution in [1.82, 2.24) is 19.8 Å². The maximum atomic E-state index is 12.9. The molecule has 4 rings (SSSR count). The van der Waals surface area contributed by atoms with Crippen LogP contribution in [0.3, 0.4) is 0 Å². The van der Waals surface area contributed by atoms with Gasteiger partial charge in [-0.05, 0) is 31.5 Å². The van der Waals surface area contributed by atoms with Crippen molar-refractivity contribution in [2.45, 2.75) is 19.9 Å². The predicted octanol–water partition coefficient (Wildman–Crippen LogP) is 2.89. The van der Waals surface area contributed by atoms with Crippen molar-refractivity contribution in [3.63, 3.8) is 0 Å². The number of carbonyl (C=O) groups excluding carboxylic acids is 1. The highest BCUT2D eigenvalue weighted by atomic mass is 16.5. The Kier molecular flexibility index (Phi) is 5.06. The fraction of sp³-hybridized carbons (Fsp3) is 0.500. The van der Waals surface area contributed by atoms with Crippen LogP contribution in [0.25, 0.3) is 0 Å². The first-order chi connectivity index (χ1) is 13.9. The first kappa shape index (κ1) is 19.5. The molecule has 3 heterocycles. The van der Waals surface area contributed by atoms with Gasteiger partial charge in [0.2, 0.25) is 0 Å². The van der Waals surface area contributed by atoms with Crippen LogP contribution in [0.1, 0.15) is 22.9 Å². The molecule has 154 valence electrons. The SMILES string of the molecule is COc1ccc([C@H]2[C@@H]3CN(c4ncnc(C)c4C)C[C@@H]3CN2C(=O)N(C)C)cc1. The number of aromatic nitrogens is 2. The molecule has 7 heteroatoms. The van der Waals surface area contributed by atoms with Crippen molar-refractivity contribution in [2.24, 2.45) is 11.8 Å². The average molecular weight is 396 g/mol. The Morgan fingerprint density at radius 1 is 1.10 bits per heavy atom. The Bertz CT molecular complexity index is 899. The highest BCUT2D eigenvalue weighted by Gasteiger charge is 2.50. The maximum absolute atomic E-state index is 12.9. The van der Waals surface area contributed by atoms with Gasteiger partial charge < -0.3 is 19.4 Å². The number of benzene rings is 1. The number of aryl methyl sites for hydroxylation is 1. The summed E-state index contributed by atoms with van der Waals surface area (Å²) in [7, 11) is 5.31. The van der Waals surface area contributed by atoms with E-state index in [1.807, 2.05) is 38.1 Å². The normalized spacial score (nSPS) is 23.3. The van der Waals surface area contributed by atoms with E-state index in [0.29, 0.717) is 11.8 Å². The number of urea groups is 1. The van der Waals surface area contributed by atoms with Crippen molar-refractivity contribution in [3.05, 3.63) is 47.4 Å². The van der Waals surface area contributed by atoms with Gasteiger partial charge in [0.05, 0.1) is 13.2 Å². The third kappa shape index (κ3) is 3.39. The maximum Gasteiger partial charge on any atom is 0.320 e. The van der Waals surface area contributed by atoms with Crippen molar-refractivity contribution < 1.29 is 9.53 Å². The number of methoxy groups -OCH3 is 1. The quantitative estimate of drug-likeness (QED) is 0.800. The van der Waals surface area contributed by atoms with Crippen LogP contribution in [0.4, 0.5) is 10.6 Å². The first-order valence-corrected chi connectivity index (χ1v) is 10.1. The predicted molar refractivity (Wildman–Crippen MR) is 112 cm³/mol. The molecule has 0 radical (unpaired) electrons. The van der Waals surface area contributed by atoms with Gasteiger partial charge in [-0.2, -0.15) is 0 Å². The summed E-state index contributed by atoms with van der Waals surface area (Å²) in [5, 5.41) is 0. The molecule has 0 saturated carbocycles. The molecule has 0 aliphatic carbocycles. The molecule has 0 N–H and O–H groups in total. The van der Waals surface area contributed by atoms with Crippen LogP contribution in [0.5, 0.6) is 5.75 Å². The molecule has 2 aliphatic heterocycles. The average Bonchev–Trinajstić information content (AvgIpc) is 3.27. The summed E-state index contributed by atoms with van der Waals surface area (Å²) in [6, 6.07) is 8.25. The number of ether oxygens (including phenoxy) is 1. The number of likely N-dealkylation sites (tertiary alicyclic amines) is 1. The van der Waals surface area contributed by atoms with Crippen molar-refractivity contribution in [2.75, 3.05) is 45.7 Å². The number of carbonyl (C=O) groups is 1. The summed E-state index contributed by atoms with van der Waals surface area (Å²) in [5.74, 6) is 2.63. The van der Waals surface area contributed by atoms with Crippen molar-refractivity contribution in [3.8, 4) is 5.75 Å². The topological polar surface area (TPSA) is 61.8 Å². The minimum absolute atomic E-state index is 0.0500. The molecule has 2 fully saturated rings. The molecule has 2 amide bonds. The smallest absolute Gasteiger partial charge is 0.320 e. The number of hydrogen-bond acceptors (Lipinski definition) is 5. The van der Waals surface area contributed by atoms with E-state index in [1.165, 1.54) is 0 Å². The molecule has 7 nitrogen and oxygen atoms in total. The van der Waals surface area contributed by atoms with Crippen LogP contribution in [0.2, 0.25) is 0 Å². The Hall–Kier alpha value is -2.83. The minimum atomic E-state index is 0.0500. The molecule has 1 aromatic heterocycles. The lowest BCUT2D eigenvalue weighted by molar-refractivity contribution is 0.159. The number of amides is 2. The van der Waals surface area contributed by atoms with E-state index in [4.69, 9.17) is 4.74 Å². The molecule has 0 unspecified atom stereocenters. The summed E-state index contributed by atoms with van der Waals surface area (Å²) in [4.78, 5) is 27.9. The Labute approximate surface area is 172 Å². The molecule has 29 heavy (non-hydrogen) atoms. The van der Waals surface area contributed by atoms with Crippen molar-refractivity contribution >= 4 is 11.8 Å². The molecule has 0 bridgehead atoms. The lowest BCUT2D eigenvalue weighted by Crippen LogP contribution is -2.41. The lowest BCUT2D eigenvalue weighted by Gasteiger charge is -2.32. The van der Waals surface area contributed by atoms with Gasteiger partial charge in [-0.15, -0.1) is 0 Å². The largest absolute Gasteiger partial charge is 0.497 e. The van der Waals surface area contributed by atoms with Gasteiger partial charge in [0.25, 0.3) is 0 Å².